The summed E-state index contributed by atoms with van der Waals surface area (Å²) in [6, 6.07) is 12.1. The van der Waals surface area contributed by atoms with Crippen LogP contribution in [0.5, 0.6) is 5.75 Å². The summed E-state index contributed by atoms with van der Waals surface area (Å²) in [7, 11) is -1.76. The maximum absolute atomic E-state index is 13.5. The standard InChI is InChI=1S/C30H36N6O8S/c31-29-27-30(39)35-24-3-1-2-22(15-32-14-20-18-43-19-20)28(24)44-13-12-42-11-10-41-9-8-36(17-26(37)38)45(40)23-6-4-21(5-7-23)25(34-27)16-33-29/h1-7,16,20,32H,8-15,17-19H2,(H2,31,33)(H,35,39)(H,37,38). The van der Waals surface area contributed by atoms with Crippen molar-refractivity contribution in [2.24, 2.45) is 5.92 Å². The zero-order valence-corrected chi connectivity index (χ0v) is 25.4. The van der Waals surface area contributed by atoms with Gasteiger partial charge < -0.3 is 40.4 Å². The van der Waals surface area contributed by atoms with E-state index in [0.717, 1.165) is 25.3 Å². The van der Waals surface area contributed by atoms with Gasteiger partial charge in [0, 0.05) is 36.7 Å². The third kappa shape index (κ3) is 8.81. The van der Waals surface area contributed by atoms with Crippen molar-refractivity contribution in [3.63, 3.8) is 0 Å². The molecule has 4 bridgehead atoms. The van der Waals surface area contributed by atoms with Gasteiger partial charge in [-0.15, -0.1) is 0 Å². The van der Waals surface area contributed by atoms with Crippen LogP contribution >= 0.6 is 0 Å². The highest BCUT2D eigenvalue weighted by molar-refractivity contribution is 7.82. The number of aromatic nitrogens is 2. The summed E-state index contributed by atoms with van der Waals surface area (Å²) in [5.41, 5.74) is 8.27. The average molecular weight is 641 g/mol. The van der Waals surface area contributed by atoms with Gasteiger partial charge in [-0.25, -0.2) is 18.5 Å². The van der Waals surface area contributed by atoms with Gasteiger partial charge in [-0.1, -0.05) is 24.3 Å². The lowest BCUT2D eigenvalue weighted by Gasteiger charge is -2.26. The average Bonchev–Trinajstić information content (AvgIpc) is 3.01. The smallest absolute Gasteiger partial charge is 0.318 e. The summed E-state index contributed by atoms with van der Waals surface area (Å²) in [5.74, 6) is -0.766. The van der Waals surface area contributed by atoms with E-state index < -0.39 is 29.4 Å². The van der Waals surface area contributed by atoms with Crippen LogP contribution in [0.1, 0.15) is 16.1 Å². The van der Waals surface area contributed by atoms with E-state index in [0.29, 0.717) is 40.1 Å². The third-order valence-electron chi connectivity index (χ3n) is 7.05. The molecule has 1 unspecified atom stereocenters. The molecular weight excluding hydrogens is 604 g/mol. The molecule has 3 aromatic rings. The molecule has 6 rings (SSSR count). The summed E-state index contributed by atoms with van der Waals surface area (Å²) in [4.78, 5) is 34.0. The lowest BCUT2D eigenvalue weighted by atomic mass is 10.1. The minimum absolute atomic E-state index is 0.0497. The zero-order valence-electron chi connectivity index (χ0n) is 24.6. The molecule has 240 valence electrons. The molecule has 5 N–H and O–H groups in total. The molecule has 0 radical (unpaired) electrons. The predicted molar refractivity (Wildman–Crippen MR) is 165 cm³/mol. The van der Waals surface area contributed by atoms with Gasteiger partial charge in [-0.2, -0.15) is 0 Å². The van der Waals surface area contributed by atoms with E-state index in [1.807, 2.05) is 12.1 Å². The van der Waals surface area contributed by atoms with Crippen LogP contribution in [0.25, 0.3) is 11.3 Å². The van der Waals surface area contributed by atoms with E-state index in [4.69, 9.17) is 24.7 Å². The van der Waals surface area contributed by atoms with Crippen LogP contribution in [-0.4, -0.2) is 101 Å². The molecular formula is C30H36N6O8S. The first-order valence-electron chi connectivity index (χ1n) is 14.5. The second kappa shape index (κ2) is 15.8. The van der Waals surface area contributed by atoms with E-state index in [2.05, 4.69) is 20.6 Å². The lowest BCUT2D eigenvalue weighted by Crippen LogP contribution is -2.36. The van der Waals surface area contributed by atoms with Gasteiger partial charge in [-0.3, -0.25) is 9.59 Å². The molecule has 0 aliphatic carbocycles. The summed E-state index contributed by atoms with van der Waals surface area (Å²) in [6.07, 6.45) is 1.44. The maximum atomic E-state index is 13.5. The molecule has 3 aliphatic rings. The molecule has 14 nitrogen and oxygen atoms in total. The lowest BCUT2D eigenvalue weighted by molar-refractivity contribution is -0.137. The molecule has 1 saturated heterocycles. The van der Waals surface area contributed by atoms with Crippen molar-refractivity contribution in [2.75, 3.05) is 76.9 Å². The Morgan fingerprint density at radius 2 is 1.82 bits per heavy atom. The highest BCUT2D eigenvalue weighted by Gasteiger charge is 2.22. The second-order valence-electron chi connectivity index (χ2n) is 10.4. The van der Waals surface area contributed by atoms with Crippen LogP contribution in [0.2, 0.25) is 0 Å². The number of hydrogen-bond donors (Lipinski definition) is 4. The largest absolute Gasteiger partial charge is 0.489 e. The number of rotatable bonds is 6. The van der Waals surface area contributed by atoms with Crippen molar-refractivity contribution in [3.8, 4) is 17.0 Å². The molecule has 1 fully saturated rings. The minimum atomic E-state index is -1.76. The van der Waals surface area contributed by atoms with E-state index in [-0.39, 0.29) is 51.1 Å². The van der Waals surface area contributed by atoms with Crippen LogP contribution in [0.3, 0.4) is 0 Å². The number of nitrogens with two attached hydrogens (primary N) is 1. The van der Waals surface area contributed by atoms with Crippen molar-refractivity contribution in [1.82, 2.24) is 19.6 Å². The number of carbonyl (C=O) groups excluding carboxylic acids is 1. The number of carboxylic acids is 1. The number of nitrogens with one attached hydrogen (secondary N) is 2. The number of para-hydroxylation sites is 1. The first-order valence-corrected chi connectivity index (χ1v) is 15.6. The number of carbonyl (C=O) groups is 2. The Kier molecular flexibility index (Phi) is 11.4. The SMILES string of the molecule is Nc1ncc2nc1C(=O)Nc1cccc(CNCC3COC3)c1OCCOCCOCCN(CC(=O)O)S(=O)c1ccc-2cc1. The number of anilines is 2. The molecule has 1 aromatic heterocycles. The Hall–Kier alpha value is -3.99. The number of nitrogen functional groups attached to an aromatic ring is 1. The van der Waals surface area contributed by atoms with Gasteiger partial charge in [0.2, 0.25) is 0 Å². The fourth-order valence-electron chi connectivity index (χ4n) is 4.65. The second-order valence-corrected chi connectivity index (χ2v) is 11.9. The van der Waals surface area contributed by atoms with Crippen molar-refractivity contribution in [3.05, 3.63) is 59.9 Å². The number of benzene rings is 2. The molecule has 4 heterocycles. The highest BCUT2D eigenvalue weighted by atomic mass is 32.2. The Morgan fingerprint density at radius 3 is 2.56 bits per heavy atom. The first-order chi connectivity index (χ1) is 21.9. The van der Waals surface area contributed by atoms with Crippen LogP contribution in [-0.2, 0) is 36.5 Å². The summed E-state index contributed by atoms with van der Waals surface area (Å²) >= 11 is 0. The van der Waals surface area contributed by atoms with Crippen LogP contribution in [0.4, 0.5) is 11.5 Å². The van der Waals surface area contributed by atoms with Crippen molar-refractivity contribution < 1.29 is 37.9 Å². The Morgan fingerprint density at radius 1 is 1.07 bits per heavy atom. The molecule has 0 spiro atoms. The number of ether oxygens (including phenoxy) is 4. The van der Waals surface area contributed by atoms with E-state index in [9.17, 15) is 18.9 Å². The van der Waals surface area contributed by atoms with Gasteiger partial charge in [-0.05, 0) is 18.2 Å². The van der Waals surface area contributed by atoms with E-state index >= 15 is 0 Å². The van der Waals surface area contributed by atoms with Crippen molar-refractivity contribution in [1.29, 1.82) is 0 Å². The van der Waals surface area contributed by atoms with Gasteiger partial charge in [0.05, 0.1) is 62.1 Å². The Bertz CT molecular complexity index is 1500. The van der Waals surface area contributed by atoms with Crippen molar-refractivity contribution >= 4 is 34.4 Å². The van der Waals surface area contributed by atoms with Crippen LogP contribution < -0.4 is 21.1 Å². The number of fused-ring (bicyclic) bond motifs is 13. The number of carboxylic acid groups (broad SMARTS) is 1. The number of nitrogens with zero attached hydrogens (tertiary/aromatic N) is 3. The number of hydrogen-bond acceptors (Lipinski definition) is 11. The number of aliphatic carboxylic acids is 1. The highest BCUT2D eigenvalue weighted by Crippen LogP contribution is 2.30. The monoisotopic (exact) mass is 640 g/mol. The quantitative estimate of drug-likeness (QED) is 0.285. The van der Waals surface area contributed by atoms with E-state index in [1.54, 1.807) is 30.3 Å². The van der Waals surface area contributed by atoms with Gasteiger partial charge in [0.25, 0.3) is 5.91 Å². The predicted octanol–water partition coefficient (Wildman–Crippen LogP) is 1.55. The molecule has 15 heteroatoms. The fourth-order valence-corrected chi connectivity index (χ4v) is 5.78. The molecule has 0 saturated carbocycles. The van der Waals surface area contributed by atoms with Crippen molar-refractivity contribution in [2.45, 2.75) is 11.4 Å². The normalized spacial score (nSPS) is 18.8. The molecule has 1 atom stereocenters. The first kappa shape index (κ1) is 32.4. The summed E-state index contributed by atoms with van der Waals surface area (Å²) < 4.78 is 37.2. The molecule has 45 heavy (non-hydrogen) atoms. The molecule has 3 aliphatic heterocycles. The Balaban J connectivity index is 1.41. The van der Waals surface area contributed by atoms with Crippen LogP contribution in [0, 0.1) is 5.92 Å². The van der Waals surface area contributed by atoms with Crippen LogP contribution in [0.15, 0.2) is 53.6 Å². The maximum Gasteiger partial charge on any atom is 0.318 e. The molecule has 2 aromatic carbocycles. The minimum Gasteiger partial charge on any atom is -0.489 e. The van der Waals surface area contributed by atoms with Gasteiger partial charge >= 0.3 is 5.97 Å². The number of amides is 1. The fraction of sp³-hybridized carbons (Fsp3) is 0.400. The molecule has 1 amide bonds. The third-order valence-corrected chi connectivity index (χ3v) is 8.50. The topological polar surface area (TPSA) is 187 Å². The zero-order chi connectivity index (χ0) is 31.6. The Labute approximate surface area is 262 Å². The van der Waals surface area contributed by atoms with E-state index in [1.165, 1.54) is 10.5 Å². The summed E-state index contributed by atoms with van der Waals surface area (Å²) in [5, 5.41) is 15.7. The van der Waals surface area contributed by atoms with Gasteiger partial charge in [0.15, 0.2) is 11.5 Å². The van der Waals surface area contributed by atoms with Gasteiger partial charge in [0.1, 0.15) is 29.9 Å². The summed E-state index contributed by atoms with van der Waals surface area (Å²) in [6.45, 7) is 3.64.